The van der Waals surface area contributed by atoms with Crippen LogP contribution in [0.1, 0.15) is 25.0 Å². The largest absolute Gasteiger partial charge is 0.479 e. The molecule has 25 heavy (non-hydrogen) atoms. The SMILES string of the molecule is Cc1cccc(NC(=O)C(C)N2C(=O)C(C)Oc3ccccc32)c1C. The van der Waals surface area contributed by atoms with Gasteiger partial charge in [-0.25, -0.2) is 0 Å². The van der Waals surface area contributed by atoms with E-state index in [0.29, 0.717) is 11.4 Å². The van der Waals surface area contributed by atoms with E-state index in [1.54, 1.807) is 26.0 Å². The van der Waals surface area contributed by atoms with Crippen LogP contribution in [0.2, 0.25) is 0 Å². The van der Waals surface area contributed by atoms with Crippen molar-refractivity contribution in [1.82, 2.24) is 0 Å². The smallest absolute Gasteiger partial charge is 0.268 e. The highest BCUT2D eigenvalue weighted by Gasteiger charge is 2.37. The first-order valence-electron chi connectivity index (χ1n) is 8.36. The minimum absolute atomic E-state index is 0.220. The topological polar surface area (TPSA) is 58.6 Å². The molecule has 0 saturated heterocycles. The third kappa shape index (κ3) is 3.09. The fourth-order valence-corrected chi connectivity index (χ4v) is 2.95. The maximum absolute atomic E-state index is 12.8. The average molecular weight is 338 g/mol. The Morgan fingerprint density at radius 1 is 1.16 bits per heavy atom. The summed E-state index contributed by atoms with van der Waals surface area (Å²) < 4.78 is 5.63. The van der Waals surface area contributed by atoms with Crippen LogP contribution in [0.25, 0.3) is 0 Å². The number of hydrogen-bond acceptors (Lipinski definition) is 3. The van der Waals surface area contributed by atoms with Crippen LogP contribution in [-0.4, -0.2) is 24.0 Å². The van der Waals surface area contributed by atoms with Crippen molar-refractivity contribution in [2.24, 2.45) is 0 Å². The lowest BCUT2D eigenvalue weighted by molar-refractivity contribution is -0.128. The average Bonchev–Trinajstić information content (AvgIpc) is 2.59. The molecular formula is C20H22N2O3. The van der Waals surface area contributed by atoms with Gasteiger partial charge in [0.05, 0.1) is 5.69 Å². The fourth-order valence-electron chi connectivity index (χ4n) is 2.95. The molecule has 1 aliphatic heterocycles. The van der Waals surface area contributed by atoms with Crippen LogP contribution in [0.15, 0.2) is 42.5 Å². The second kappa shape index (κ2) is 6.59. The van der Waals surface area contributed by atoms with Crippen molar-refractivity contribution in [3.63, 3.8) is 0 Å². The maximum Gasteiger partial charge on any atom is 0.268 e. The molecule has 3 rings (SSSR count). The van der Waals surface area contributed by atoms with Gasteiger partial charge in [0.1, 0.15) is 11.8 Å². The molecule has 0 aromatic heterocycles. The van der Waals surface area contributed by atoms with Crippen LogP contribution in [0.4, 0.5) is 11.4 Å². The number of ether oxygens (including phenoxy) is 1. The molecule has 0 aliphatic carbocycles. The summed E-state index contributed by atoms with van der Waals surface area (Å²) in [6.45, 7) is 7.39. The highest BCUT2D eigenvalue weighted by atomic mass is 16.5. The van der Waals surface area contributed by atoms with Crippen molar-refractivity contribution in [3.8, 4) is 5.75 Å². The molecular weight excluding hydrogens is 316 g/mol. The maximum atomic E-state index is 12.8. The fraction of sp³-hybridized carbons (Fsp3) is 0.300. The molecule has 0 fully saturated rings. The van der Waals surface area contributed by atoms with Gasteiger partial charge in [-0.2, -0.15) is 0 Å². The minimum atomic E-state index is -0.653. The Balaban J connectivity index is 1.89. The quantitative estimate of drug-likeness (QED) is 0.932. The van der Waals surface area contributed by atoms with Crippen LogP contribution in [0.3, 0.4) is 0 Å². The molecule has 0 spiro atoms. The van der Waals surface area contributed by atoms with Crippen LogP contribution in [0.5, 0.6) is 5.75 Å². The Labute approximate surface area is 147 Å². The third-order valence-corrected chi connectivity index (χ3v) is 4.64. The molecule has 5 nitrogen and oxygen atoms in total. The van der Waals surface area contributed by atoms with Gasteiger partial charge >= 0.3 is 0 Å². The summed E-state index contributed by atoms with van der Waals surface area (Å²) >= 11 is 0. The summed E-state index contributed by atoms with van der Waals surface area (Å²) in [4.78, 5) is 26.9. The zero-order valence-corrected chi connectivity index (χ0v) is 14.9. The molecule has 5 heteroatoms. The Bertz CT molecular complexity index is 831. The molecule has 2 aromatic carbocycles. The Morgan fingerprint density at radius 2 is 1.88 bits per heavy atom. The number of benzene rings is 2. The van der Waals surface area contributed by atoms with E-state index in [2.05, 4.69) is 5.32 Å². The minimum Gasteiger partial charge on any atom is -0.479 e. The van der Waals surface area contributed by atoms with Crippen LogP contribution < -0.4 is 15.0 Å². The first kappa shape index (κ1) is 17.0. The molecule has 2 unspecified atom stereocenters. The van der Waals surface area contributed by atoms with Gasteiger partial charge in [0.25, 0.3) is 5.91 Å². The van der Waals surface area contributed by atoms with Gasteiger partial charge in [0.2, 0.25) is 5.91 Å². The first-order valence-corrected chi connectivity index (χ1v) is 8.36. The van der Waals surface area contributed by atoms with Gasteiger partial charge in [-0.1, -0.05) is 24.3 Å². The lowest BCUT2D eigenvalue weighted by atomic mass is 10.1. The molecule has 130 valence electrons. The summed E-state index contributed by atoms with van der Waals surface area (Å²) in [6.07, 6.45) is -0.620. The van der Waals surface area contributed by atoms with Crippen LogP contribution in [0, 0.1) is 13.8 Å². The lowest BCUT2D eigenvalue weighted by Gasteiger charge is -2.36. The molecule has 0 saturated carbocycles. The normalized spacial score (nSPS) is 17.5. The van der Waals surface area contributed by atoms with Crippen LogP contribution >= 0.6 is 0 Å². The molecule has 0 radical (unpaired) electrons. The van der Waals surface area contributed by atoms with E-state index < -0.39 is 12.1 Å². The predicted octanol–water partition coefficient (Wildman–Crippen LogP) is 3.44. The van der Waals surface area contributed by atoms with Gasteiger partial charge < -0.3 is 10.1 Å². The summed E-state index contributed by atoms with van der Waals surface area (Å²) in [7, 11) is 0. The van der Waals surface area contributed by atoms with Gasteiger partial charge in [0, 0.05) is 5.69 Å². The summed E-state index contributed by atoms with van der Waals surface area (Å²) in [6, 6.07) is 12.4. The highest BCUT2D eigenvalue weighted by molar-refractivity contribution is 6.08. The van der Waals surface area contributed by atoms with Crippen molar-refractivity contribution in [2.45, 2.75) is 39.8 Å². The van der Waals surface area contributed by atoms with Crippen LogP contribution in [-0.2, 0) is 9.59 Å². The standard InChI is InChI=1S/C20H22N2O3/c1-12-8-7-9-16(13(12)2)21-19(23)14(3)22-17-10-5-6-11-18(17)25-15(4)20(22)24/h5-11,14-15H,1-4H3,(H,21,23). The highest BCUT2D eigenvalue weighted by Crippen LogP contribution is 2.35. The van der Waals surface area contributed by atoms with E-state index in [-0.39, 0.29) is 11.8 Å². The van der Waals surface area contributed by atoms with Crippen molar-refractivity contribution in [3.05, 3.63) is 53.6 Å². The van der Waals surface area contributed by atoms with E-state index in [0.717, 1.165) is 16.8 Å². The van der Waals surface area contributed by atoms with E-state index in [4.69, 9.17) is 4.74 Å². The number of nitrogens with one attached hydrogen (secondary N) is 1. The summed E-state index contributed by atoms with van der Waals surface area (Å²) in [5.74, 6) is 0.161. The number of carbonyl (C=O) groups is 2. The van der Waals surface area contributed by atoms with Gasteiger partial charge in [-0.3, -0.25) is 14.5 Å². The summed E-state index contributed by atoms with van der Waals surface area (Å²) in [5.41, 5.74) is 3.50. The lowest BCUT2D eigenvalue weighted by Crippen LogP contribution is -2.52. The first-order chi connectivity index (χ1) is 11.9. The number of anilines is 2. The van der Waals surface area contributed by atoms with E-state index >= 15 is 0 Å². The molecule has 1 aliphatic rings. The predicted molar refractivity (Wildman–Crippen MR) is 98.0 cm³/mol. The van der Waals surface area contributed by atoms with Gasteiger partial charge in [-0.05, 0) is 57.0 Å². The number of rotatable bonds is 3. The second-order valence-corrected chi connectivity index (χ2v) is 6.35. The molecule has 2 atom stereocenters. The van der Waals surface area contributed by atoms with Gasteiger partial charge in [-0.15, -0.1) is 0 Å². The Hall–Kier alpha value is -2.82. The Morgan fingerprint density at radius 3 is 2.64 bits per heavy atom. The van der Waals surface area contributed by atoms with E-state index in [1.807, 2.05) is 44.2 Å². The van der Waals surface area contributed by atoms with Crippen molar-refractivity contribution in [2.75, 3.05) is 10.2 Å². The third-order valence-electron chi connectivity index (χ3n) is 4.64. The monoisotopic (exact) mass is 338 g/mol. The number of aryl methyl sites for hydroxylation is 1. The number of nitrogens with zero attached hydrogens (tertiary/aromatic N) is 1. The van der Waals surface area contributed by atoms with E-state index in [9.17, 15) is 9.59 Å². The van der Waals surface area contributed by atoms with Crippen molar-refractivity contribution in [1.29, 1.82) is 0 Å². The zero-order valence-electron chi connectivity index (χ0n) is 14.9. The van der Waals surface area contributed by atoms with Crippen molar-refractivity contribution >= 4 is 23.2 Å². The van der Waals surface area contributed by atoms with Gasteiger partial charge in [0.15, 0.2) is 6.10 Å². The zero-order chi connectivity index (χ0) is 18.1. The van der Waals surface area contributed by atoms with Crippen molar-refractivity contribution < 1.29 is 14.3 Å². The second-order valence-electron chi connectivity index (χ2n) is 6.35. The number of fused-ring (bicyclic) bond motifs is 1. The molecule has 1 heterocycles. The molecule has 2 amide bonds. The number of para-hydroxylation sites is 2. The number of hydrogen-bond donors (Lipinski definition) is 1. The number of carbonyl (C=O) groups excluding carboxylic acids is 2. The number of amides is 2. The summed E-state index contributed by atoms with van der Waals surface area (Å²) in [5, 5.41) is 2.94. The molecule has 1 N–H and O–H groups in total. The molecule has 2 aromatic rings. The molecule has 0 bridgehead atoms. The van der Waals surface area contributed by atoms with E-state index in [1.165, 1.54) is 4.90 Å². The Kier molecular flexibility index (Phi) is 4.49.